The van der Waals surface area contributed by atoms with Crippen molar-refractivity contribution in [3.63, 3.8) is 0 Å². The van der Waals surface area contributed by atoms with Crippen molar-refractivity contribution < 1.29 is 23.4 Å². The van der Waals surface area contributed by atoms with Gasteiger partial charge in [-0.2, -0.15) is 0 Å². The number of halogens is 1. The Balaban J connectivity index is 1.31. The molecule has 0 spiro atoms. The summed E-state index contributed by atoms with van der Waals surface area (Å²) in [6, 6.07) is 16.2. The highest BCUT2D eigenvalue weighted by Gasteiger charge is 2.35. The molecule has 1 aromatic heterocycles. The van der Waals surface area contributed by atoms with E-state index < -0.39 is 0 Å². The van der Waals surface area contributed by atoms with Crippen molar-refractivity contribution in [3.8, 4) is 21.9 Å². The van der Waals surface area contributed by atoms with Gasteiger partial charge in [-0.1, -0.05) is 12.1 Å². The predicted octanol–water partition coefficient (Wildman–Crippen LogP) is 4.80. The van der Waals surface area contributed by atoms with E-state index >= 15 is 0 Å². The second-order valence-corrected chi connectivity index (χ2v) is 9.19. The molecule has 5 nitrogen and oxygen atoms in total. The number of ether oxygens (including phenoxy) is 3. The van der Waals surface area contributed by atoms with Crippen molar-refractivity contribution in [3.05, 3.63) is 70.9 Å². The quantitative estimate of drug-likeness (QED) is 0.603. The Morgan fingerprint density at radius 2 is 1.69 bits per heavy atom. The van der Waals surface area contributed by atoms with Crippen LogP contribution in [0.25, 0.3) is 10.4 Å². The topological polar surface area (TPSA) is 56.8 Å². The molecule has 166 valence electrons. The molecule has 1 N–H and O–H groups in total. The number of thiophene rings is 1. The zero-order valence-electron chi connectivity index (χ0n) is 17.6. The van der Waals surface area contributed by atoms with E-state index in [1.807, 2.05) is 42.5 Å². The summed E-state index contributed by atoms with van der Waals surface area (Å²) in [6.07, 6.45) is 1.57. The van der Waals surface area contributed by atoms with Crippen LogP contribution >= 0.6 is 11.3 Å². The Hall–Kier alpha value is -2.90. The Kier molecular flexibility index (Phi) is 5.85. The molecule has 2 aromatic carbocycles. The maximum Gasteiger partial charge on any atom is 0.261 e. The normalized spacial score (nSPS) is 17.0. The van der Waals surface area contributed by atoms with Crippen molar-refractivity contribution in [1.29, 1.82) is 0 Å². The van der Waals surface area contributed by atoms with Gasteiger partial charge in [0.05, 0.1) is 4.88 Å². The fraction of sp³-hybridized carbons (Fsp3) is 0.320. The summed E-state index contributed by atoms with van der Waals surface area (Å²) in [4.78, 5) is 14.6. The van der Waals surface area contributed by atoms with Crippen molar-refractivity contribution in [2.24, 2.45) is 0 Å². The third-order valence-electron chi connectivity index (χ3n) is 6.15. The number of amides is 1. The zero-order valence-corrected chi connectivity index (χ0v) is 18.4. The lowest BCUT2D eigenvalue weighted by Gasteiger charge is -2.38. The van der Waals surface area contributed by atoms with Gasteiger partial charge in [-0.05, 0) is 66.4 Å². The van der Waals surface area contributed by atoms with E-state index in [0.29, 0.717) is 37.8 Å². The number of carbonyl (C=O) groups excluding carboxylic acids is 1. The van der Waals surface area contributed by atoms with Gasteiger partial charge < -0.3 is 19.5 Å². The van der Waals surface area contributed by atoms with Crippen molar-refractivity contribution >= 4 is 17.2 Å². The number of hydrogen-bond donors (Lipinski definition) is 1. The molecule has 1 saturated heterocycles. The van der Waals surface area contributed by atoms with Crippen LogP contribution < -0.4 is 14.8 Å². The minimum Gasteiger partial charge on any atom is -0.486 e. The minimum absolute atomic E-state index is 0.105. The zero-order chi connectivity index (χ0) is 22.0. The van der Waals surface area contributed by atoms with Crippen LogP contribution in [-0.4, -0.2) is 38.9 Å². The molecule has 0 bridgehead atoms. The molecule has 0 radical (unpaired) electrons. The Morgan fingerprint density at radius 1 is 0.938 bits per heavy atom. The number of benzene rings is 2. The second-order valence-electron chi connectivity index (χ2n) is 8.10. The van der Waals surface area contributed by atoms with E-state index in [0.717, 1.165) is 40.3 Å². The summed E-state index contributed by atoms with van der Waals surface area (Å²) in [5.41, 5.74) is 1.77. The van der Waals surface area contributed by atoms with Gasteiger partial charge in [-0.3, -0.25) is 4.79 Å². The predicted molar refractivity (Wildman–Crippen MR) is 121 cm³/mol. The molecule has 32 heavy (non-hydrogen) atoms. The second kappa shape index (κ2) is 8.92. The van der Waals surface area contributed by atoms with Crippen LogP contribution in [0.5, 0.6) is 11.5 Å². The average molecular weight is 454 g/mol. The Bertz CT molecular complexity index is 1110. The fourth-order valence-corrected chi connectivity index (χ4v) is 5.20. The van der Waals surface area contributed by atoms with Gasteiger partial charge in [0.15, 0.2) is 11.5 Å². The van der Waals surface area contributed by atoms with E-state index in [1.165, 1.54) is 23.5 Å². The monoisotopic (exact) mass is 453 g/mol. The van der Waals surface area contributed by atoms with Gasteiger partial charge >= 0.3 is 0 Å². The largest absolute Gasteiger partial charge is 0.486 e. The highest BCUT2D eigenvalue weighted by atomic mass is 32.1. The van der Waals surface area contributed by atoms with Crippen LogP contribution in [0.2, 0.25) is 0 Å². The van der Waals surface area contributed by atoms with E-state index in [-0.39, 0.29) is 17.1 Å². The van der Waals surface area contributed by atoms with Crippen LogP contribution in [0.15, 0.2) is 54.6 Å². The lowest BCUT2D eigenvalue weighted by Crippen LogP contribution is -2.44. The summed E-state index contributed by atoms with van der Waals surface area (Å²) in [6.45, 7) is 2.83. The molecule has 5 rings (SSSR count). The number of fused-ring (bicyclic) bond motifs is 1. The van der Waals surface area contributed by atoms with Gasteiger partial charge in [-0.15, -0.1) is 11.3 Å². The van der Waals surface area contributed by atoms with Crippen LogP contribution in [0, 0.1) is 5.82 Å². The summed E-state index contributed by atoms with van der Waals surface area (Å²) in [5, 5.41) is 3.11. The van der Waals surface area contributed by atoms with E-state index in [9.17, 15) is 9.18 Å². The van der Waals surface area contributed by atoms with E-state index in [2.05, 4.69) is 5.32 Å². The maximum atomic E-state index is 13.4. The SMILES string of the molecule is O=C(NCC1(c2ccc(F)cc2)CCOCC1)c1ccc(-c2ccc3c(c2)OCCO3)s1. The minimum atomic E-state index is -0.259. The third kappa shape index (κ3) is 4.23. The number of hydrogen-bond acceptors (Lipinski definition) is 5. The first-order valence-electron chi connectivity index (χ1n) is 10.7. The van der Waals surface area contributed by atoms with Gasteiger partial charge in [0.1, 0.15) is 19.0 Å². The number of nitrogens with one attached hydrogen (secondary N) is 1. The van der Waals surface area contributed by atoms with Crippen molar-refractivity contribution in [2.45, 2.75) is 18.3 Å². The molecule has 0 unspecified atom stereocenters. The highest BCUT2D eigenvalue weighted by molar-refractivity contribution is 7.17. The van der Waals surface area contributed by atoms with Gasteiger partial charge in [0.2, 0.25) is 0 Å². The summed E-state index contributed by atoms with van der Waals surface area (Å²) >= 11 is 1.45. The third-order valence-corrected chi connectivity index (χ3v) is 7.28. The molecular formula is C25H24FNO4S. The molecule has 2 aliphatic heterocycles. The lowest BCUT2D eigenvalue weighted by molar-refractivity contribution is 0.0487. The van der Waals surface area contributed by atoms with Crippen LogP contribution in [0.3, 0.4) is 0 Å². The molecule has 2 aliphatic rings. The first-order chi connectivity index (χ1) is 15.6. The smallest absolute Gasteiger partial charge is 0.261 e. The summed E-state index contributed by atoms with van der Waals surface area (Å²) in [5.74, 6) is 1.11. The standard InChI is InChI=1S/C25H24FNO4S/c26-19-4-2-18(3-5-19)25(9-11-29-12-10-25)16-27-24(28)23-8-7-22(32-23)17-1-6-20-21(15-17)31-14-13-30-20/h1-8,15H,9-14,16H2,(H,27,28). The van der Waals surface area contributed by atoms with Gasteiger partial charge in [0, 0.05) is 30.1 Å². The van der Waals surface area contributed by atoms with E-state index in [4.69, 9.17) is 14.2 Å². The molecule has 7 heteroatoms. The molecule has 0 saturated carbocycles. The molecular weight excluding hydrogens is 429 g/mol. The van der Waals surface area contributed by atoms with Crippen molar-refractivity contribution in [1.82, 2.24) is 5.32 Å². The van der Waals surface area contributed by atoms with Gasteiger partial charge in [0.25, 0.3) is 5.91 Å². The highest BCUT2D eigenvalue weighted by Crippen LogP contribution is 2.37. The Labute approximate surface area is 190 Å². The van der Waals surface area contributed by atoms with E-state index in [1.54, 1.807) is 0 Å². The fourth-order valence-electron chi connectivity index (χ4n) is 4.28. The number of carbonyl (C=O) groups is 1. The average Bonchev–Trinajstić information content (AvgIpc) is 3.34. The van der Waals surface area contributed by atoms with Crippen molar-refractivity contribution in [2.75, 3.05) is 33.0 Å². The molecule has 3 heterocycles. The Morgan fingerprint density at radius 3 is 2.47 bits per heavy atom. The molecule has 3 aromatic rings. The van der Waals surface area contributed by atoms with Gasteiger partial charge in [-0.25, -0.2) is 4.39 Å². The first-order valence-corrected chi connectivity index (χ1v) is 11.6. The number of rotatable bonds is 5. The maximum absolute atomic E-state index is 13.4. The first kappa shape index (κ1) is 21.0. The lowest BCUT2D eigenvalue weighted by atomic mass is 9.74. The molecule has 1 fully saturated rings. The van der Waals surface area contributed by atoms with Crippen LogP contribution in [0.1, 0.15) is 28.1 Å². The summed E-state index contributed by atoms with van der Waals surface area (Å²) in [7, 11) is 0. The summed E-state index contributed by atoms with van der Waals surface area (Å²) < 4.78 is 30.2. The molecule has 0 aliphatic carbocycles. The molecule has 0 atom stereocenters. The van der Waals surface area contributed by atoms with Crippen LogP contribution in [0.4, 0.5) is 4.39 Å². The molecule has 1 amide bonds. The van der Waals surface area contributed by atoms with Crippen LogP contribution in [-0.2, 0) is 10.2 Å².